The summed E-state index contributed by atoms with van der Waals surface area (Å²) in [6, 6.07) is 0. The summed E-state index contributed by atoms with van der Waals surface area (Å²) in [6.45, 7) is 5.61. The third-order valence-electron chi connectivity index (χ3n) is 2.70. The van der Waals surface area contributed by atoms with Crippen LogP contribution in [0.1, 0.15) is 40.4 Å². The van der Waals surface area contributed by atoms with Gasteiger partial charge in [-0.15, -0.1) is 0 Å². The Kier molecular flexibility index (Phi) is 3.14. The van der Waals surface area contributed by atoms with Gasteiger partial charge in [0, 0.05) is 6.42 Å². The fourth-order valence-electron chi connectivity index (χ4n) is 1.79. The van der Waals surface area contributed by atoms with Gasteiger partial charge in [-0.1, -0.05) is 12.1 Å². The number of carboxylic acid groups (broad SMARTS) is 1. The highest BCUT2D eigenvalue weighted by Crippen LogP contribution is 2.13. The zero-order chi connectivity index (χ0) is 13.3. The van der Waals surface area contributed by atoms with Crippen LogP contribution in [-0.4, -0.2) is 31.0 Å². The van der Waals surface area contributed by atoms with E-state index in [0.717, 1.165) is 0 Å². The number of aromatic nitrogens is 4. The summed E-state index contributed by atoms with van der Waals surface area (Å²) in [5, 5.41) is 17.1. The van der Waals surface area contributed by atoms with Crippen molar-refractivity contribution in [3.05, 3.63) is 28.7 Å². The molecule has 0 saturated heterocycles. The van der Waals surface area contributed by atoms with Gasteiger partial charge in [0.1, 0.15) is 12.1 Å². The average Bonchev–Trinajstić information content (AvgIpc) is 2.85. The van der Waals surface area contributed by atoms with Crippen molar-refractivity contribution >= 4 is 5.97 Å². The molecule has 0 saturated carbocycles. The van der Waals surface area contributed by atoms with Crippen molar-refractivity contribution in [2.24, 2.45) is 0 Å². The topological polar surface area (TPSA) is 94.0 Å². The van der Waals surface area contributed by atoms with E-state index in [1.165, 1.54) is 0 Å². The second-order valence-corrected chi connectivity index (χ2v) is 3.97. The quantitative estimate of drug-likeness (QED) is 0.875. The maximum atomic E-state index is 11.1. The van der Waals surface area contributed by atoms with Gasteiger partial charge in [-0.2, -0.15) is 10.1 Å². The number of carboxylic acids is 1. The predicted molar refractivity (Wildman–Crippen MR) is 61.4 cm³/mol. The van der Waals surface area contributed by atoms with Crippen LogP contribution in [0.25, 0.3) is 0 Å². The van der Waals surface area contributed by atoms with Crippen LogP contribution >= 0.6 is 0 Å². The van der Waals surface area contributed by atoms with Crippen LogP contribution in [0.3, 0.4) is 0 Å². The molecule has 0 unspecified atom stereocenters. The number of hydrogen-bond acceptors (Lipinski definition) is 5. The maximum Gasteiger partial charge on any atom is 0.339 e. The predicted octanol–water partition coefficient (Wildman–Crippen LogP) is 1.19. The zero-order valence-corrected chi connectivity index (χ0v) is 10.5. The minimum Gasteiger partial charge on any atom is -0.478 e. The van der Waals surface area contributed by atoms with E-state index in [0.29, 0.717) is 36.1 Å². The number of aromatic carboxylic acids is 1. The van der Waals surface area contributed by atoms with E-state index in [-0.39, 0.29) is 5.56 Å². The normalized spacial score (nSPS) is 10.8. The van der Waals surface area contributed by atoms with Crippen LogP contribution in [0.4, 0.5) is 0 Å². The van der Waals surface area contributed by atoms with Gasteiger partial charge in [0.25, 0.3) is 0 Å². The molecule has 0 spiro atoms. The molecule has 2 aromatic heterocycles. The Balaban J connectivity index is 2.29. The first-order valence-electron chi connectivity index (χ1n) is 5.61. The molecule has 2 heterocycles. The van der Waals surface area contributed by atoms with E-state index < -0.39 is 5.97 Å². The molecular weight excluding hydrogens is 236 g/mol. The van der Waals surface area contributed by atoms with Crippen molar-refractivity contribution in [3.63, 3.8) is 0 Å². The van der Waals surface area contributed by atoms with E-state index >= 15 is 0 Å². The standard InChI is InChI=1S/C11H14N4O3/c1-4-9-12-8(14-18-9)5-15-7(3)10(11(16)17)6(2)13-15/h4-5H2,1-3H3,(H,16,17). The van der Waals surface area contributed by atoms with E-state index in [1.54, 1.807) is 18.5 Å². The molecule has 2 aromatic rings. The van der Waals surface area contributed by atoms with Crippen molar-refractivity contribution in [1.82, 2.24) is 19.9 Å². The van der Waals surface area contributed by atoms with Crippen LogP contribution in [-0.2, 0) is 13.0 Å². The number of carbonyl (C=O) groups is 1. The molecule has 2 rings (SSSR count). The Morgan fingerprint density at radius 2 is 2.17 bits per heavy atom. The molecule has 0 bridgehead atoms. The van der Waals surface area contributed by atoms with Gasteiger partial charge in [0.15, 0.2) is 5.82 Å². The van der Waals surface area contributed by atoms with Gasteiger partial charge in [-0.25, -0.2) is 4.79 Å². The molecule has 96 valence electrons. The molecule has 0 amide bonds. The third kappa shape index (κ3) is 2.11. The van der Waals surface area contributed by atoms with E-state index in [2.05, 4.69) is 15.2 Å². The Morgan fingerprint density at radius 3 is 2.67 bits per heavy atom. The largest absolute Gasteiger partial charge is 0.478 e. The summed E-state index contributed by atoms with van der Waals surface area (Å²) in [5.41, 5.74) is 1.30. The Labute approximate surface area is 103 Å². The number of hydrogen-bond donors (Lipinski definition) is 1. The summed E-state index contributed by atoms with van der Waals surface area (Å²) < 4.78 is 6.56. The lowest BCUT2D eigenvalue weighted by Crippen LogP contribution is -2.07. The zero-order valence-electron chi connectivity index (χ0n) is 10.5. The molecule has 1 N–H and O–H groups in total. The van der Waals surface area contributed by atoms with Gasteiger partial charge in [0.05, 0.1) is 11.4 Å². The highest BCUT2D eigenvalue weighted by atomic mass is 16.5. The second-order valence-electron chi connectivity index (χ2n) is 3.97. The van der Waals surface area contributed by atoms with Crippen molar-refractivity contribution < 1.29 is 14.4 Å². The lowest BCUT2D eigenvalue weighted by atomic mass is 10.2. The van der Waals surface area contributed by atoms with Crippen LogP contribution in [0.2, 0.25) is 0 Å². The van der Waals surface area contributed by atoms with Crippen LogP contribution in [0, 0.1) is 13.8 Å². The lowest BCUT2D eigenvalue weighted by Gasteiger charge is -1.99. The minimum atomic E-state index is -0.974. The monoisotopic (exact) mass is 250 g/mol. The first-order valence-corrected chi connectivity index (χ1v) is 5.61. The molecular formula is C11H14N4O3. The molecule has 7 nitrogen and oxygen atoms in total. The Bertz CT molecular complexity index is 585. The van der Waals surface area contributed by atoms with Crippen molar-refractivity contribution in [2.75, 3.05) is 0 Å². The van der Waals surface area contributed by atoms with Gasteiger partial charge < -0.3 is 9.63 Å². The molecule has 7 heteroatoms. The summed E-state index contributed by atoms with van der Waals surface area (Å²) in [6.07, 6.45) is 0.671. The molecule has 0 aliphatic carbocycles. The van der Waals surface area contributed by atoms with Gasteiger partial charge >= 0.3 is 5.97 Å². The highest BCUT2D eigenvalue weighted by Gasteiger charge is 2.18. The summed E-state index contributed by atoms with van der Waals surface area (Å²) in [7, 11) is 0. The smallest absolute Gasteiger partial charge is 0.339 e. The maximum absolute atomic E-state index is 11.1. The molecule has 0 aliphatic heterocycles. The SMILES string of the molecule is CCc1nc(Cn2nc(C)c(C(=O)O)c2C)no1. The number of nitrogens with zero attached hydrogens (tertiary/aromatic N) is 4. The fourth-order valence-corrected chi connectivity index (χ4v) is 1.79. The summed E-state index contributed by atoms with van der Waals surface area (Å²) in [4.78, 5) is 15.2. The van der Waals surface area contributed by atoms with Crippen molar-refractivity contribution in [3.8, 4) is 0 Å². The van der Waals surface area contributed by atoms with E-state index in [1.807, 2.05) is 6.92 Å². The van der Waals surface area contributed by atoms with Crippen molar-refractivity contribution in [1.29, 1.82) is 0 Å². The summed E-state index contributed by atoms with van der Waals surface area (Å²) >= 11 is 0. The molecule has 0 aromatic carbocycles. The first kappa shape index (κ1) is 12.3. The molecule has 0 radical (unpaired) electrons. The second kappa shape index (κ2) is 4.59. The fraction of sp³-hybridized carbons (Fsp3) is 0.455. The van der Waals surface area contributed by atoms with E-state index in [9.17, 15) is 4.79 Å². The molecule has 0 atom stereocenters. The minimum absolute atomic E-state index is 0.231. The Morgan fingerprint density at radius 1 is 1.44 bits per heavy atom. The van der Waals surface area contributed by atoms with Crippen LogP contribution in [0.5, 0.6) is 0 Å². The Hall–Kier alpha value is -2.18. The first-order chi connectivity index (χ1) is 8.52. The van der Waals surface area contributed by atoms with Crippen molar-refractivity contribution in [2.45, 2.75) is 33.7 Å². The average molecular weight is 250 g/mol. The van der Waals surface area contributed by atoms with Crippen LogP contribution < -0.4 is 0 Å². The van der Waals surface area contributed by atoms with E-state index in [4.69, 9.17) is 9.63 Å². The number of aryl methyl sites for hydroxylation is 2. The van der Waals surface area contributed by atoms with Gasteiger partial charge in [-0.05, 0) is 13.8 Å². The molecule has 0 aliphatic rings. The number of rotatable bonds is 4. The van der Waals surface area contributed by atoms with Gasteiger partial charge in [-0.3, -0.25) is 4.68 Å². The van der Waals surface area contributed by atoms with Gasteiger partial charge in [0.2, 0.25) is 5.89 Å². The third-order valence-corrected chi connectivity index (χ3v) is 2.70. The highest BCUT2D eigenvalue weighted by molar-refractivity contribution is 5.90. The summed E-state index contributed by atoms with van der Waals surface area (Å²) in [5.74, 6) is 0.0815. The molecule has 18 heavy (non-hydrogen) atoms. The molecule has 0 fully saturated rings. The van der Waals surface area contributed by atoms with Crippen LogP contribution in [0.15, 0.2) is 4.52 Å². The lowest BCUT2D eigenvalue weighted by molar-refractivity contribution is 0.0695.